The van der Waals surface area contributed by atoms with Crippen molar-refractivity contribution in [1.82, 2.24) is 5.32 Å². The average Bonchev–Trinajstić information content (AvgIpc) is 2.67. The fourth-order valence-corrected chi connectivity index (χ4v) is 3.17. The predicted molar refractivity (Wildman–Crippen MR) is 60.4 cm³/mol. The molecule has 0 bridgehead atoms. The lowest BCUT2D eigenvalue weighted by Gasteiger charge is -2.27. The molecule has 1 N–H and O–H groups in total. The molecule has 0 aromatic heterocycles. The molecule has 2 aliphatic rings. The quantitative estimate of drug-likeness (QED) is 0.753. The molecule has 1 aliphatic heterocycles. The van der Waals surface area contributed by atoms with E-state index in [0.29, 0.717) is 0 Å². The zero-order chi connectivity index (χ0) is 10.3. The van der Waals surface area contributed by atoms with Crippen LogP contribution in [0.5, 0.6) is 5.75 Å². The van der Waals surface area contributed by atoms with Crippen LogP contribution in [0.3, 0.4) is 0 Å². The minimum Gasteiger partial charge on any atom is -0.496 e. The van der Waals surface area contributed by atoms with Gasteiger partial charge in [-0.1, -0.05) is 12.1 Å². The number of methoxy groups -OCH3 is 1. The number of benzene rings is 1. The number of fused-ring (bicyclic) bond motifs is 3. The summed E-state index contributed by atoms with van der Waals surface area (Å²) in [5, 5.41) is 3.49. The Morgan fingerprint density at radius 3 is 3.20 bits per heavy atom. The summed E-state index contributed by atoms with van der Waals surface area (Å²) in [6.45, 7) is 2.32. The Hall–Kier alpha value is -1.02. The molecule has 80 valence electrons. The van der Waals surface area contributed by atoms with Gasteiger partial charge in [0.25, 0.3) is 0 Å². The van der Waals surface area contributed by atoms with Gasteiger partial charge in [0, 0.05) is 5.56 Å². The summed E-state index contributed by atoms with van der Waals surface area (Å²) in [5.74, 6) is 2.63. The number of ether oxygens (including phenoxy) is 1. The van der Waals surface area contributed by atoms with Crippen LogP contribution in [-0.4, -0.2) is 20.2 Å². The van der Waals surface area contributed by atoms with Gasteiger partial charge in [-0.05, 0) is 49.4 Å². The molecule has 2 heteroatoms. The molecule has 1 aliphatic carbocycles. The molecule has 0 saturated carbocycles. The molecule has 3 rings (SSSR count). The van der Waals surface area contributed by atoms with Crippen molar-refractivity contribution in [2.24, 2.45) is 5.92 Å². The second-order valence-electron chi connectivity index (χ2n) is 4.60. The molecular weight excluding hydrogens is 186 g/mol. The van der Waals surface area contributed by atoms with Gasteiger partial charge in [-0.25, -0.2) is 0 Å². The van der Waals surface area contributed by atoms with Crippen molar-refractivity contribution in [2.45, 2.75) is 18.8 Å². The van der Waals surface area contributed by atoms with Crippen LogP contribution in [0, 0.1) is 5.92 Å². The Balaban J connectivity index is 2.05. The topological polar surface area (TPSA) is 21.3 Å². The van der Waals surface area contributed by atoms with Crippen LogP contribution in [0.4, 0.5) is 0 Å². The van der Waals surface area contributed by atoms with Crippen molar-refractivity contribution in [3.05, 3.63) is 29.3 Å². The first-order chi connectivity index (χ1) is 7.40. The van der Waals surface area contributed by atoms with E-state index in [-0.39, 0.29) is 0 Å². The fraction of sp³-hybridized carbons (Fsp3) is 0.538. The van der Waals surface area contributed by atoms with Crippen LogP contribution < -0.4 is 10.1 Å². The van der Waals surface area contributed by atoms with Gasteiger partial charge in [0.05, 0.1) is 7.11 Å². The molecule has 1 aromatic rings. The van der Waals surface area contributed by atoms with Gasteiger partial charge in [-0.3, -0.25) is 0 Å². The maximum atomic E-state index is 5.49. The van der Waals surface area contributed by atoms with Crippen LogP contribution >= 0.6 is 0 Å². The number of piperidine rings is 1. The number of hydrogen-bond acceptors (Lipinski definition) is 2. The minimum absolute atomic E-state index is 0.734. The summed E-state index contributed by atoms with van der Waals surface area (Å²) in [5.41, 5.74) is 3.00. The van der Waals surface area contributed by atoms with E-state index >= 15 is 0 Å². The highest BCUT2D eigenvalue weighted by Crippen LogP contribution is 2.45. The van der Waals surface area contributed by atoms with Crippen LogP contribution in [0.25, 0.3) is 0 Å². The largest absolute Gasteiger partial charge is 0.496 e. The lowest BCUT2D eigenvalue weighted by molar-refractivity contribution is 0.339. The summed E-state index contributed by atoms with van der Waals surface area (Å²) in [6, 6.07) is 6.47. The molecule has 1 fully saturated rings. The Morgan fingerprint density at radius 1 is 1.40 bits per heavy atom. The highest BCUT2D eigenvalue weighted by molar-refractivity contribution is 5.47. The third-order valence-corrected chi connectivity index (χ3v) is 3.84. The summed E-state index contributed by atoms with van der Waals surface area (Å²) in [7, 11) is 1.78. The zero-order valence-electron chi connectivity index (χ0n) is 9.12. The van der Waals surface area contributed by atoms with Gasteiger partial charge in [0.15, 0.2) is 0 Å². The number of nitrogens with one attached hydrogen (secondary N) is 1. The first-order valence-electron chi connectivity index (χ1n) is 5.76. The fourth-order valence-electron chi connectivity index (χ4n) is 3.17. The molecule has 2 atom stereocenters. The minimum atomic E-state index is 0.734. The van der Waals surface area contributed by atoms with E-state index in [1.165, 1.54) is 30.5 Å². The zero-order valence-corrected chi connectivity index (χ0v) is 9.12. The second kappa shape index (κ2) is 3.53. The smallest absolute Gasteiger partial charge is 0.122 e. The SMILES string of the molecule is COc1cccc2c1[C@@H]1CCNC[C@H]1C2. The monoisotopic (exact) mass is 203 g/mol. The van der Waals surface area contributed by atoms with E-state index in [1.54, 1.807) is 7.11 Å². The van der Waals surface area contributed by atoms with E-state index in [2.05, 4.69) is 23.5 Å². The van der Waals surface area contributed by atoms with Gasteiger partial charge in [-0.2, -0.15) is 0 Å². The van der Waals surface area contributed by atoms with Crippen molar-refractivity contribution in [3.8, 4) is 5.75 Å². The van der Waals surface area contributed by atoms with Crippen LogP contribution in [0.1, 0.15) is 23.5 Å². The molecule has 1 aromatic carbocycles. The third-order valence-electron chi connectivity index (χ3n) is 3.84. The van der Waals surface area contributed by atoms with Crippen molar-refractivity contribution in [2.75, 3.05) is 20.2 Å². The van der Waals surface area contributed by atoms with Crippen molar-refractivity contribution < 1.29 is 4.74 Å². The molecular formula is C13H17NO. The lowest BCUT2D eigenvalue weighted by Crippen LogP contribution is -2.33. The molecule has 15 heavy (non-hydrogen) atoms. The van der Waals surface area contributed by atoms with Crippen molar-refractivity contribution >= 4 is 0 Å². The van der Waals surface area contributed by atoms with E-state index in [0.717, 1.165) is 24.1 Å². The highest BCUT2D eigenvalue weighted by Gasteiger charge is 2.35. The number of hydrogen-bond donors (Lipinski definition) is 1. The van der Waals surface area contributed by atoms with E-state index < -0.39 is 0 Å². The molecule has 0 amide bonds. The molecule has 0 spiro atoms. The summed E-state index contributed by atoms with van der Waals surface area (Å²) < 4.78 is 5.49. The van der Waals surface area contributed by atoms with Gasteiger partial charge >= 0.3 is 0 Å². The lowest BCUT2D eigenvalue weighted by atomic mass is 9.86. The molecule has 1 heterocycles. The van der Waals surface area contributed by atoms with Crippen LogP contribution in [0.15, 0.2) is 18.2 Å². The van der Waals surface area contributed by atoms with E-state index in [9.17, 15) is 0 Å². The summed E-state index contributed by atoms with van der Waals surface area (Å²) >= 11 is 0. The van der Waals surface area contributed by atoms with E-state index in [4.69, 9.17) is 4.74 Å². The Morgan fingerprint density at radius 2 is 2.33 bits per heavy atom. The normalized spacial score (nSPS) is 28.3. The van der Waals surface area contributed by atoms with Crippen molar-refractivity contribution in [1.29, 1.82) is 0 Å². The predicted octanol–water partition coefficient (Wildman–Crippen LogP) is 1.94. The third kappa shape index (κ3) is 1.36. The molecule has 0 unspecified atom stereocenters. The summed E-state index contributed by atoms with van der Waals surface area (Å²) in [6.07, 6.45) is 2.49. The maximum absolute atomic E-state index is 5.49. The number of rotatable bonds is 1. The van der Waals surface area contributed by atoms with Gasteiger partial charge in [-0.15, -0.1) is 0 Å². The second-order valence-corrected chi connectivity index (χ2v) is 4.60. The average molecular weight is 203 g/mol. The Kier molecular flexibility index (Phi) is 2.17. The van der Waals surface area contributed by atoms with Gasteiger partial charge in [0.1, 0.15) is 5.75 Å². The highest BCUT2D eigenvalue weighted by atomic mass is 16.5. The summed E-state index contributed by atoms with van der Waals surface area (Å²) in [4.78, 5) is 0. The van der Waals surface area contributed by atoms with E-state index in [1.807, 2.05) is 0 Å². The van der Waals surface area contributed by atoms with Gasteiger partial charge in [0.2, 0.25) is 0 Å². The van der Waals surface area contributed by atoms with Crippen molar-refractivity contribution in [3.63, 3.8) is 0 Å². The molecule has 0 radical (unpaired) electrons. The standard InChI is InChI=1S/C13H17NO/c1-15-12-4-2-3-9-7-10-8-14-6-5-11(10)13(9)12/h2-4,10-11,14H,5-8H2,1H3/t10-,11-/m1/s1. The molecule has 2 nitrogen and oxygen atoms in total. The van der Waals surface area contributed by atoms with Gasteiger partial charge < -0.3 is 10.1 Å². The van der Waals surface area contributed by atoms with Crippen LogP contribution in [-0.2, 0) is 6.42 Å². The first kappa shape index (κ1) is 9.22. The Bertz CT molecular complexity index is 375. The molecule has 1 saturated heterocycles. The van der Waals surface area contributed by atoms with Crippen LogP contribution in [0.2, 0.25) is 0 Å². The maximum Gasteiger partial charge on any atom is 0.122 e. The first-order valence-corrected chi connectivity index (χ1v) is 5.76. The Labute approximate surface area is 90.6 Å².